The molecular formula is C25H35NO3S. The van der Waals surface area contributed by atoms with Crippen molar-refractivity contribution in [3.8, 4) is 11.5 Å². The zero-order valence-corrected chi connectivity index (χ0v) is 19.8. The average Bonchev–Trinajstić information content (AvgIpc) is 3.13. The summed E-state index contributed by atoms with van der Waals surface area (Å²) >= 11 is 1.75. The first-order chi connectivity index (χ1) is 14.3. The Kier molecular flexibility index (Phi) is 7.45. The van der Waals surface area contributed by atoms with Crippen LogP contribution in [0.25, 0.3) is 0 Å². The van der Waals surface area contributed by atoms with E-state index in [1.165, 1.54) is 16.9 Å². The van der Waals surface area contributed by atoms with Gasteiger partial charge >= 0.3 is 0 Å². The SMILES string of the molecule is CCOc1ccc(CCNC(=O)c2csc3c2CCC(C(C)(C)C)C3)cc1OCC. The Balaban J connectivity index is 1.58. The highest BCUT2D eigenvalue weighted by Gasteiger charge is 2.31. The number of carbonyl (C=O) groups excluding carboxylic acids is 1. The fraction of sp³-hybridized carbons (Fsp3) is 0.560. The number of nitrogens with one attached hydrogen (secondary N) is 1. The standard InChI is InChI=1S/C25H35NO3S/c1-6-28-21-11-8-17(14-22(21)29-7-2)12-13-26-24(27)20-16-30-23-15-18(25(3,4)5)9-10-19(20)23/h8,11,14,16,18H,6-7,9-10,12-13,15H2,1-5H3,(H,26,27). The number of carbonyl (C=O) groups is 1. The van der Waals surface area contributed by atoms with Crippen molar-refractivity contribution < 1.29 is 14.3 Å². The first kappa shape index (κ1) is 22.7. The summed E-state index contributed by atoms with van der Waals surface area (Å²) in [5, 5.41) is 5.16. The third-order valence-electron chi connectivity index (χ3n) is 5.93. The van der Waals surface area contributed by atoms with E-state index < -0.39 is 0 Å². The summed E-state index contributed by atoms with van der Waals surface area (Å²) in [6.45, 7) is 12.7. The third-order valence-corrected chi connectivity index (χ3v) is 6.98. The van der Waals surface area contributed by atoms with E-state index in [0.717, 1.165) is 41.9 Å². The number of fused-ring (bicyclic) bond motifs is 1. The summed E-state index contributed by atoms with van der Waals surface area (Å²) in [4.78, 5) is 14.2. The first-order valence-corrected chi connectivity index (χ1v) is 12.0. The number of rotatable bonds is 8. The Bertz CT molecular complexity index is 866. The minimum Gasteiger partial charge on any atom is -0.490 e. The van der Waals surface area contributed by atoms with Gasteiger partial charge < -0.3 is 14.8 Å². The summed E-state index contributed by atoms with van der Waals surface area (Å²) in [6, 6.07) is 6.01. The topological polar surface area (TPSA) is 47.6 Å². The monoisotopic (exact) mass is 429 g/mol. The van der Waals surface area contributed by atoms with Crippen LogP contribution in [-0.4, -0.2) is 25.7 Å². The molecule has 4 nitrogen and oxygen atoms in total. The molecule has 164 valence electrons. The van der Waals surface area contributed by atoms with Crippen molar-refractivity contribution >= 4 is 17.2 Å². The molecule has 1 unspecified atom stereocenters. The largest absolute Gasteiger partial charge is 0.490 e. The van der Waals surface area contributed by atoms with Gasteiger partial charge in [0.1, 0.15) is 0 Å². The van der Waals surface area contributed by atoms with E-state index in [4.69, 9.17) is 9.47 Å². The van der Waals surface area contributed by atoms with Gasteiger partial charge in [0.25, 0.3) is 5.91 Å². The minimum atomic E-state index is 0.0534. The molecule has 30 heavy (non-hydrogen) atoms. The number of hydrogen-bond acceptors (Lipinski definition) is 4. The van der Waals surface area contributed by atoms with E-state index in [9.17, 15) is 4.79 Å². The second kappa shape index (κ2) is 9.86. The van der Waals surface area contributed by atoms with Gasteiger partial charge in [0, 0.05) is 16.8 Å². The number of ether oxygens (including phenoxy) is 2. The molecule has 3 rings (SSSR count). The Hall–Kier alpha value is -2.01. The Morgan fingerprint density at radius 2 is 1.90 bits per heavy atom. The summed E-state index contributed by atoms with van der Waals surface area (Å²) in [5.74, 6) is 2.28. The van der Waals surface area contributed by atoms with Crippen LogP contribution >= 0.6 is 11.3 Å². The molecule has 1 aromatic carbocycles. The molecular weight excluding hydrogens is 394 g/mol. The molecule has 1 heterocycles. The fourth-order valence-corrected chi connectivity index (χ4v) is 5.27. The lowest BCUT2D eigenvalue weighted by atomic mass is 9.72. The van der Waals surface area contributed by atoms with Gasteiger partial charge in [-0.25, -0.2) is 0 Å². The molecule has 0 bridgehead atoms. The van der Waals surface area contributed by atoms with Crippen LogP contribution in [0.1, 0.15) is 67.4 Å². The number of thiophene rings is 1. The van der Waals surface area contributed by atoms with Crippen molar-refractivity contribution in [3.05, 3.63) is 45.1 Å². The van der Waals surface area contributed by atoms with Crippen LogP contribution in [0.15, 0.2) is 23.6 Å². The number of amides is 1. The fourth-order valence-electron chi connectivity index (χ4n) is 4.11. The smallest absolute Gasteiger partial charge is 0.252 e. The van der Waals surface area contributed by atoms with Crippen LogP contribution in [0.5, 0.6) is 11.5 Å². The van der Waals surface area contributed by atoms with Crippen LogP contribution < -0.4 is 14.8 Å². The first-order valence-electron chi connectivity index (χ1n) is 11.1. The van der Waals surface area contributed by atoms with Crippen molar-refractivity contribution in [1.29, 1.82) is 0 Å². The lowest BCUT2D eigenvalue weighted by Crippen LogP contribution is -2.29. The average molecular weight is 430 g/mol. The Morgan fingerprint density at radius 1 is 1.17 bits per heavy atom. The molecule has 1 N–H and O–H groups in total. The highest BCUT2D eigenvalue weighted by atomic mass is 32.1. The maximum absolute atomic E-state index is 12.8. The van der Waals surface area contributed by atoms with Gasteiger partial charge in [0.05, 0.1) is 18.8 Å². The molecule has 1 amide bonds. The molecule has 0 fully saturated rings. The molecule has 0 spiro atoms. The summed E-state index contributed by atoms with van der Waals surface area (Å²) in [5.41, 5.74) is 3.60. The van der Waals surface area contributed by atoms with Crippen molar-refractivity contribution in [2.75, 3.05) is 19.8 Å². The van der Waals surface area contributed by atoms with E-state index in [1.54, 1.807) is 11.3 Å². The zero-order valence-electron chi connectivity index (χ0n) is 19.0. The molecule has 0 aliphatic heterocycles. The van der Waals surface area contributed by atoms with Crippen LogP contribution in [0.2, 0.25) is 0 Å². The molecule has 0 saturated heterocycles. The van der Waals surface area contributed by atoms with Crippen molar-refractivity contribution in [3.63, 3.8) is 0 Å². The van der Waals surface area contributed by atoms with Gasteiger partial charge in [-0.05, 0) is 74.1 Å². The third kappa shape index (κ3) is 5.37. The van der Waals surface area contributed by atoms with Gasteiger partial charge in [-0.15, -0.1) is 11.3 Å². The van der Waals surface area contributed by atoms with Crippen molar-refractivity contribution in [1.82, 2.24) is 5.32 Å². The van der Waals surface area contributed by atoms with Gasteiger partial charge in [0.15, 0.2) is 11.5 Å². The highest BCUT2D eigenvalue weighted by molar-refractivity contribution is 7.10. The van der Waals surface area contributed by atoms with Gasteiger partial charge in [0.2, 0.25) is 0 Å². The van der Waals surface area contributed by atoms with E-state index in [1.807, 2.05) is 32.0 Å². The molecule has 1 aliphatic carbocycles. The summed E-state index contributed by atoms with van der Waals surface area (Å²) in [6.07, 6.45) is 4.04. The zero-order chi connectivity index (χ0) is 21.7. The molecule has 0 radical (unpaired) electrons. The van der Waals surface area contributed by atoms with Crippen LogP contribution in [0, 0.1) is 11.3 Å². The minimum absolute atomic E-state index is 0.0534. The van der Waals surface area contributed by atoms with E-state index >= 15 is 0 Å². The van der Waals surface area contributed by atoms with Crippen molar-refractivity contribution in [2.24, 2.45) is 11.3 Å². The highest BCUT2D eigenvalue weighted by Crippen LogP contribution is 2.40. The van der Waals surface area contributed by atoms with Crippen LogP contribution in [0.3, 0.4) is 0 Å². The van der Waals surface area contributed by atoms with Gasteiger partial charge in [-0.3, -0.25) is 4.79 Å². The van der Waals surface area contributed by atoms with E-state index in [2.05, 4.69) is 31.5 Å². The summed E-state index contributed by atoms with van der Waals surface area (Å²) < 4.78 is 11.3. The second-order valence-electron chi connectivity index (χ2n) is 9.01. The quantitative estimate of drug-likeness (QED) is 0.588. The van der Waals surface area contributed by atoms with Crippen LogP contribution in [-0.2, 0) is 19.3 Å². The van der Waals surface area contributed by atoms with E-state index in [-0.39, 0.29) is 5.91 Å². The Morgan fingerprint density at radius 3 is 2.60 bits per heavy atom. The molecule has 5 heteroatoms. The second-order valence-corrected chi connectivity index (χ2v) is 9.97. The Labute approximate surface area is 185 Å². The molecule has 0 saturated carbocycles. The summed E-state index contributed by atoms with van der Waals surface area (Å²) in [7, 11) is 0. The van der Waals surface area contributed by atoms with Gasteiger partial charge in [-0.2, -0.15) is 0 Å². The predicted molar refractivity (Wildman–Crippen MR) is 124 cm³/mol. The normalized spacial score (nSPS) is 16.1. The van der Waals surface area contributed by atoms with Crippen LogP contribution in [0.4, 0.5) is 0 Å². The number of hydrogen-bond donors (Lipinski definition) is 1. The number of benzene rings is 1. The van der Waals surface area contributed by atoms with Gasteiger partial charge in [-0.1, -0.05) is 26.8 Å². The maximum atomic E-state index is 12.8. The maximum Gasteiger partial charge on any atom is 0.252 e. The lowest BCUT2D eigenvalue weighted by Gasteiger charge is -2.34. The molecule has 1 aliphatic rings. The van der Waals surface area contributed by atoms with Crippen molar-refractivity contribution in [2.45, 2.75) is 60.3 Å². The molecule has 1 atom stereocenters. The molecule has 1 aromatic heterocycles. The van der Waals surface area contributed by atoms with E-state index in [0.29, 0.717) is 31.1 Å². The molecule has 2 aromatic rings. The predicted octanol–water partition coefficient (Wildman–Crippen LogP) is 5.67. The lowest BCUT2D eigenvalue weighted by molar-refractivity contribution is 0.0953.